The van der Waals surface area contributed by atoms with E-state index in [0.29, 0.717) is 43.5 Å². The van der Waals surface area contributed by atoms with E-state index in [1.54, 1.807) is 37.2 Å². The van der Waals surface area contributed by atoms with Gasteiger partial charge >= 0.3 is 5.97 Å². The summed E-state index contributed by atoms with van der Waals surface area (Å²) in [5, 5.41) is 13.3. The fraction of sp³-hybridized carbons (Fsp3) is 0.361. The van der Waals surface area contributed by atoms with E-state index >= 15 is 0 Å². The number of nitrogens with zero attached hydrogens (tertiary/aromatic N) is 4. The van der Waals surface area contributed by atoms with E-state index in [-0.39, 0.29) is 58.9 Å². The van der Waals surface area contributed by atoms with Crippen LogP contribution in [0.3, 0.4) is 0 Å². The molecule has 0 spiro atoms. The fourth-order valence-electron chi connectivity index (χ4n) is 6.91. The van der Waals surface area contributed by atoms with Crippen LogP contribution in [-0.2, 0) is 32.1 Å². The molecule has 12 heteroatoms. The largest absolute Gasteiger partial charge is 0.478 e. The van der Waals surface area contributed by atoms with E-state index in [1.165, 1.54) is 29.2 Å². The number of piperidine rings is 1. The van der Waals surface area contributed by atoms with Gasteiger partial charge in [-0.25, -0.2) is 9.18 Å². The first-order valence-corrected chi connectivity index (χ1v) is 16.3. The third-order valence-electron chi connectivity index (χ3n) is 9.40. The van der Waals surface area contributed by atoms with E-state index in [1.807, 2.05) is 18.2 Å². The van der Waals surface area contributed by atoms with Gasteiger partial charge in [-0.15, -0.1) is 0 Å². The second-order valence-electron chi connectivity index (χ2n) is 12.6. The van der Waals surface area contributed by atoms with Gasteiger partial charge in [-0.3, -0.25) is 14.4 Å². The Morgan fingerprint density at radius 2 is 1.71 bits per heavy atom. The van der Waals surface area contributed by atoms with Crippen LogP contribution in [0, 0.1) is 11.7 Å². The van der Waals surface area contributed by atoms with Crippen molar-refractivity contribution < 1.29 is 33.5 Å². The van der Waals surface area contributed by atoms with Gasteiger partial charge < -0.3 is 24.6 Å². The first-order chi connectivity index (χ1) is 23.0. The molecule has 0 bridgehead atoms. The number of amides is 2. The third-order valence-corrected chi connectivity index (χ3v) is 9.69. The van der Waals surface area contributed by atoms with E-state index in [0.717, 1.165) is 11.3 Å². The van der Waals surface area contributed by atoms with E-state index < -0.39 is 29.8 Å². The molecule has 1 saturated heterocycles. The molecule has 3 aliphatic heterocycles. The topological polar surface area (TPSA) is 120 Å². The average Bonchev–Trinajstić information content (AvgIpc) is 3.58. The molecule has 2 atom stereocenters. The number of hydrogen-bond acceptors (Lipinski definition) is 7. The van der Waals surface area contributed by atoms with Gasteiger partial charge in [-0.05, 0) is 66.3 Å². The van der Waals surface area contributed by atoms with Crippen LogP contribution in [0.1, 0.15) is 57.9 Å². The number of hydrogen-bond donors (Lipinski definition) is 1. The molecular weight excluding hydrogens is 639 g/mol. The van der Waals surface area contributed by atoms with Crippen LogP contribution >= 0.6 is 11.6 Å². The minimum absolute atomic E-state index is 0.0116. The highest BCUT2D eigenvalue weighted by Gasteiger charge is 2.42. The minimum atomic E-state index is -1.07. The molecule has 0 aromatic heterocycles. The lowest BCUT2D eigenvalue weighted by Crippen LogP contribution is -2.48. The van der Waals surface area contributed by atoms with Crippen LogP contribution in [-0.4, -0.2) is 84.0 Å². The molecule has 6 rings (SSSR count). The number of carbonyl (C=O) groups excluding carboxylic acids is 3. The zero-order chi connectivity index (χ0) is 34.1. The van der Waals surface area contributed by atoms with Crippen LogP contribution < -0.4 is 4.90 Å². The summed E-state index contributed by atoms with van der Waals surface area (Å²) in [6, 6.07) is 15.5. The van der Waals surface area contributed by atoms with Crippen molar-refractivity contribution in [2.75, 3.05) is 38.6 Å². The number of ketones is 1. The van der Waals surface area contributed by atoms with Gasteiger partial charge in [-0.2, -0.15) is 0 Å². The summed E-state index contributed by atoms with van der Waals surface area (Å²) in [5.74, 6) is -2.30. The third kappa shape index (κ3) is 6.51. The number of anilines is 1. The Bertz CT molecular complexity index is 1790. The van der Waals surface area contributed by atoms with Gasteiger partial charge in [0, 0.05) is 63.7 Å². The summed E-state index contributed by atoms with van der Waals surface area (Å²) in [6.07, 6.45) is 0.855. The van der Waals surface area contributed by atoms with Gasteiger partial charge in [0.15, 0.2) is 11.6 Å². The summed E-state index contributed by atoms with van der Waals surface area (Å²) in [6.45, 7) is 1.62. The Kier molecular flexibility index (Phi) is 9.50. The molecule has 1 N–H and O–H groups in total. The highest BCUT2D eigenvalue weighted by Crippen LogP contribution is 2.39. The van der Waals surface area contributed by atoms with Crippen molar-refractivity contribution in [3.63, 3.8) is 0 Å². The molecule has 0 saturated carbocycles. The molecule has 2 unspecified atom stereocenters. The van der Waals surface area contributed by atoms with Crippen LogP contribution in [0.4, 0.5) is 10.1 Å². The smallest absolute Gasteiger partial charge is 0.335 e. The van der Waals surface area contributed by atoms with Crippen molar-refractivity contribution in [3.05, 3.63) is 99.3 Å². The quantitative estimate of drug-likeness (QED) is 0.361. The number of oxime groups is 1. The first-order valence-electron chi connectivity index (χ1n) is 15.9. The number of carboxylic acid groups (broad SMARTS) is 1. The maximum atomic E-state index is 14.8. The van der Waals surface area contributed by atoms with Crippen LogP contribution in [0.2, 0.25) is 5.02 Å². The zero-order valence-corrected chi connectivity index (χ0v) is 27.5. The summed E-state index contributed by atoms with van der Waals surface area (Å²) in [7, 11) is 3.54. The first kappa shape index (κ1) is 33.1. The van der Waals surface area contributed by atoms with Crippen molar-refractivity contribution >= 4 is 46.6 Å². The van der Waals surface area contributed by atoms with E-state index in [9.17, 15) is 28.7 Å². The second kappa shape index (κ2) is 13.8. The summed E-state index contributed by atoms with van der Waals surface area (Å²) < 4.78 is 14.8. The molecule has 3 aromatic rings. The Morgan fingerprint density at radius 3 is 2.40 bits per heavy atom. The lowest BCUT2D eigenvalue weighted by atomic mass is 9.85. The van der Waals surface area contributed by atoms with E-state index in [4.69, 9.17) is 16.4 Å². The molecule has 3 aliphatic rings. The standard InChI is InChI=1S/C36H36ClFN4O6/c1-40(2)34(44)22-13-16-41(17-14-22)29-8-4-5-25-24(29)15-18-42(33(25)30(43)19-21-9-11-23(12-10-21)36(46)47)35(45)31-20-28(39-48-31)26-6-3-7-27(37)32(26)38/h3-12,22,31,33H,13-20H2,1-2H3,(H,46,47). The Labute approximate surface area is 282 Å². The normalized spacial score (nSPS) is 19.3. The molecule has 250 valence electrons. The number of benzene rings is 3. The van der Waals surface area contributed by atoms with Gasteiger partial charge in [0.05, 0.1) is 16.3 Å². The van der Waals surface area contributed by atoms with Gasteiger partial charge in [0.1, 0.15) is 6.04 Å². The SMILES string of the molecule is CN(C)C(=O)C1CCN(c2cccc3c2CCN(C(=O)C2CC(c4cccc(Cl)c4F)=NO2)C3C(=O)Cc2ccc(C(=O)O)cc2)CC1. The summed E-state index contributed by atoms with van der Waals surface area (Å²) in [5.41, 5.74) is 3.81. The molecule has 0 radical (unpaired) electrons. The van der Waals surface area contributed by atoms with Crippen LogP contribution in [0.5, 0.6) is 0 Å². The number of carbonyl (C=O) groups is 4. The van der Waals surface area contributed by atoms with Crippen molar-refractivity contribution in [1.29, 1.82) is 0 Å². The highest BCUT2D eigenvalue weighted by molar-refractivity contribution is 6.31. The van der Waals surface area contributed by atoms with Crippen molar-refractivity contribution in [2.45, 2.75) is 44.2 Å². The molecule has 10 nitrogen and oxygen atoms in total. The Hall–Kier alpha value is -4.77. The van der Waals surface area contributed by atoms with Crippen LogP contribution in [0.15, 0.2) is 65.8 Å². The lowest BCUT2D eigenvalue weighted by molar-refractivity contribution is -0.149. The van der Waals surface area contributed by atoms with Gasteiger partial charge in [-0.1, -0.05) is 47.1 Å². The van der Waals surface area contributed by atoms with Gasteiger partial charge in [0.2, 0.25) is 12.0 Å². The molecule has 3 heterocycles. The number of aromatic carboxylic acids is 1. The predicted octanol–water partition coefficient (Wildman–Crippen LogP) is 4.91. The highest BCUT2D eigenvalue weighted by atomic mass is 35.5. The van der Waals surface area contributed by atoms with E-state index in [2.05, 4.69) is 10.1 Å². The fourth-order valence-corrected chi connectivity index (χ4v) is 7.08. The Morgan fingerprint density at radius 1 is 1.00 bits per heavy atom. The average molecular weight is 675 g/mol. The maximum Gasteiger partial charge on any atom is 0.335 e. The summed E-state index contributed by atoms with van der Waals surface area (Å²) >= 11 is 5.97. The monoisotopic (exact) mass is 674 g/mol. The number of Topliss-reactive ketones (excluding diaryl/α,β-unsaturated/α-hetero) is 1. The minimum Gasteiger partial charge on any atom is -0.478 e. The Balaban J connectivity index is 1.28. The maximum absolute atomic E-state index is 14.8. The summed E-state index contributed by atoms with van der Waals surface area (Å²) in [4.78, 5) is 63.3. The predicted molar refractivity (Wildman–Crippen MR) is 178 cm³/mol. The molecule has 0 aliphatic carbocycles. The molecular formula is C36H36ClFN4O6. The molecule has 3 aromatic carbocycles. The number of rotatable bonds is 8. The van der Waals surface area contributed by atoms with Gasteiger partial charge in [0.25, 0.3) is 5.91 Å². The van der Waals surface area contributed by atoms with Crippen molar-refractivity contribution in [2.24, 2.45) is 11.1 Å². The second-order valence-corrected chi connectivity index (χ2v) is 13.0. The molecule has 1 fully saturated rings. The zero-order valence-electron chi connectivity index (χ0n) is 26.7. The number of fused-ring (bicyclic) bond motifs is 1. The van der Waals surface area contributed by atoms with Crippen LogP contribution in [0.25, 0.3) is 0 Å². The number of carboxylic acids is 1. The van der Waals surface area contributed by atoms with Crippen molar-refractivity contribution in [3.8, 4) is 0 Å². The van der Waals surface area contributed by atoms with Crippen molar-refractivity contribution in [1.82, 2.24) is 9.80 Å². The molecule has 2 amide bonds. The lowest BCUT2D eigenvalue weighted by Gasteiger charge is -2.41. The number of halogens is 2. The molecule has 48 heavy (non-hydrogen) atoms.